The summed E-state index contributed by atoms with van der Waals surface area (Å²) >= 11 is 0. The summed E-state index contributed by atoms with van der Waals surface area (Å²) in [6.45, 7) is 2.36. The quantitative estimate of drug-likeness (QED) is 0.827. The molecule has 2 N–H and O–H groups in total. The molecule has 1 nitrogen and oxygen atoms in total. The Bertz CT molecular complexity index is 555. The minimum atomic E-state index is 0.189. The average Bonchev–Trinajstić information content (AvgIpc) is 2.46. The molecule has 1 fully saturated rings. The highest BCUT2D eigenvalue weighted by molar-refractivity contribution is 5.86. The zero-order valence-electron chi connectivity index (χ0n) is 11.7. The third-order valence-electron chi connectivity index (χ3n) is 4.67. The number of fused-ring (bicyclic) bond motifs is 1. The van der Waals surface area contributed by atoms with Gasteiger partial charge < -0.3 is 5.73 Å². The van der Waals surface area contributed by atoms with E-state index < -0.39 is 0 Å². The highest BCUT2D eigenvalue weighted by Gasteiger charge is 2.26. The monoisotopic (exact) mass is 253 g/mol. The first-order valence-electron chi connectivity index (χ1n) is 7.49. The lowest BCUT2D eigenvalue weighted by Gasteiger charge is -2.32. The topological polar surface area (TPSA) is 26.0 Å². The predicted octanol–water partition coefficient (Wildman–Crippen LogP) is 4.67. The van der Waals surface area contributed by atoms with E-state index in [1.54, 1.807) is 0 Å². The van der Waals surface area contributed by atoms with Crippen molar-refractivity contribution in [3.05, 3.63) is 48.0 Å². The number of benzene rings is 2. The van der Waals surface area contributed by atoms with Crippen molar-refractivity contribution in [2.24, 2.45) is 17.6 Å². The molecule has 0 heterocycles. The molecule has 0 radical (unpaired) electrons. The molecule has 1 saturated carbocycles. The molecular weight excluding hydrogens is 230 g/mol. The molecule has 0 bridgehead atoms. The molecular formula is C18H23N. The fraction of sp³-hybridized carbons (Fsp3) is 0.444. The molecule has 0 saturated heterocycles. The summed E-state index contributed by atoms with van der Waals surface area (Å²) in [5, 5.41) is 2.63. The van der Waals surface area contributed by atoms with Gasteiger partial charge in [0.2, 0.25) is 0 Å². The fourth-order valence-electron chi connectivity index (χ4n) is 3.60. The van der Waals surface area contributed by atoms with Crippen LogP contribution in [-0.4, -0.2) is 0 Å². The van der Waals surface area contributed by atoms with Crippen LogP contribution in [0.25, 0.3) is 10.8 Å². The van der Waals surface area contributed by atoms with E-state index in [9.17, 15) is 0 Å². The molecule has 1 heteroatoms. The Morgan fingerprint density at radius 1 is 1.05 bits per heavy atom. The van der Waals surface area contributed by atoms with Crippen LogP contribution in [0, 0.1) is 11.8 Å². The van der Waals surface area contributed by atoms with E-state index in [2.05, 4.69) is 49.4 Å². The van der Waals surface area contributed by atoms with E-state index in [4.69, 9.17) is 5.73 Å². The van der Waals surface area contributed by atoms with Crippen molar-refractivity contribution in [1.82, 2.24) is 0 Å². The van der Waals surface area contributed by atoms with Crippen molar-refractivity contribution in [2.75, 3.05) is 0 Å². The minimum absolute atomic E-state index is 0.189. The lowest BCUT2D eigenvalue weighted by Crippen LogP contribution is -2.26. The Hall–Kier alpha value is -1.34. The molecule has 0 aliphatic heterocycles. The number of nitrogens with two attached hydrogens (primary N) is 1. The molecule has 0 spiro atoms. The minimum Gasteiger partial charge on any atom is -0.324 e. The Labute approximate surface area is 115 Å². The van der Waals surface area contributed by atoms with E-state index in [-0.39, 0.29) is 6.04 Å². The second-order valence-corrected chi connectivity index (χ2v) is 6.13. The number of hydrogen-bond donors (Lipinski definition) is 1. The summed E-state index contributed by atoms with van der Waals surface area (Å²) in [5.74, 6) is 1.48. The molecule has 3 rings (SSSR count). The van der Waals surface area contributed by atoms with Crippen molar-refractivity contribution >= 4 is 10.8 Å². The number of rotatable bonds is 2. The van der Waals surface area contributed by atoms with Crippen molar-refractivity contribution in [3.63, 3.8) is 0 Å². The van der Waals surface area contributed by atoms with Gasteiger partial charge in [0, 0.05) is 6.04 Å². The third kappa shape index (κ3) is 2.52. The summed E-state index contributed by atoms with van der Waals surface area (Å²) in [6.07, 6.45) is 5.28. The van der Waals surface area contributed by atoms with Crippen molar-refractivity contribution in [2.45, 2.75) is 38.6 Å². The third-order valence-corrected chi connectivity index (χ3v) is 4.67. The number of hydrogen-bond acceptors (Lipinski definition) is 1. The summed E-state index contributed by atoms with van der Waals surface area (Å²) < 4.78 is 0. The Morgan fingerprint density at radius 3 is 2.68 bits per heavy atom. The van der Waals surface area contributed by atoms with Gasteiger partial charge in [0.25, 0.3) is 0 Å². The van der Waals surface area contributed by atoms with E-state index >= 15 is 0 Å². The van der Waals surface area contributed by atoms with Crippen LogP contribution in [-0.2, 0) is 0 Å². The van der Waals surface area contributed by atoms with Gasteiger partial charge in [0.15, 0.2) is 0 Å². The first kappa shape index (κ1) is 12.7. The standard InChI is InChI=1S/C18H23N/c1-13-6-4-9-15(12-13)18(19)17-11-5-8-14-7-2-3-10-16(14)17/h2-3,5,7-8,10-11,13,15,18H,4,6,9,12,19H2,1H3. The highest BCUT2D eigenvalue weighted by atomic mass is 14.7. The lowest BCUT2D eigenvalue weighted by atomic mass is 9.76. The van der Waals surface area contributed by atoms with E-state index in [0.29, 0.717) is 5.92 Å². The van der Waals surface area contributed by atoms with Gasteiger partial charge in [-0.05, 0) is 41.0 Å². The molecule has 3 atom stereocenters. The summed E-state index contributed by atoms with van der Waals surface area (Å²) in [6, 6.07) is 15.3. The second-order valence-electron chi connectivity index (χ2n) is 6.13. The van der Waals surface area contributed by atoms with Crippen LogP contribution in [0.3, 0.4) is 0 Å². The van der Waals surface area contributed by atoms with Crippen LogP contribution in [0.5, 0.6) is 0 Å². The Morgan fingerprint density at radius 2 is 1.84 bits per heavy atom. The zero-order chi connectivity index (χ0) is 13.2. The zero-order valence-corrected chi connectivity index (χ0v) is 11.7. The summed E-state index contributed by atoms with van der Waals surface area (Å²) in [5.41, 5.74) is 7.93. The Kier molecular flexibility index (Phi) is 3.56. The predicted molar refractivity (Wildman–Crippen MR) is 82.0 cm³/mol. The summed E-state index contributed by atoms with van der Waals surface area (Å²) in [7, 11) is 0. The van der Waals surface area contributed by atoms with Gasteiger partial charge in [-0.25, -0.2) is 0 Å². The van der Waals surface area contributed by atoms with Crippen LogP contribution in [0.4, 0.5) is 0 Å². The molecule has 3 unspecified atom stereocenters. The van der Waals surface area contributed by atoms with Gasteiger partial charge in [-0.2, -0.15) is 0 Å². The smallest absolute Gasteiger partial charge is 0.0329 e. The molecule has 2 aromatic rings. The van der Waals surface area contributed by atoms with E-state index in [1.807, 2.05) is 0 Å². The van der Waals surface area contributed by atoms with Crippen LogP contribution in [0.2, 0.25) is 0 Å². The molecule has 2 aromatic carbocycles. The fourth-order valence-corrected chi connectivity index (χ4v) is 3.60. The van der Waals surface area contributed by atoms with Gasteiger partial charge in [0.05, 0.1) is 0 Å². The van der Waals surface area contributed by atoms with Gasteiger partial charge >= 0.3 is 0 Å². The van der Waals surface area contributed by atoms with Gasteiger partial charge in [0.1, 0.15) is 0 Å². The highest BCUT2D eigenvalue weighted by Crippen LogP contribution is 2.37. The molecule has 1 aliphatic rings. The lowest BCUT2D eigenvalue weighted by molar-refractivity contribution is 0.248. The van der Waals surface area contributed by atoms with Crippen molar-refractivity contribution in [3.8, 4) is 0 Å². The molecule has 19 heavy (non-hydrogen) atoms. The average molecular weight is 253 g/mol. The molecule has 1 aliphatic carbocycles. The van der Waals surface area contributed by atoms with Gasteiger partial charge in [-0.15, -0.1) is 0 Å². The van der Waals surface area contributed by atoms with Crippen molar-refractivity contribution in [1.29, 1.82) is 0 Å². The van der Waals surface area contributed by atoms with Crippen LogP contribution in [0.1, 0.15) is 44.2 Å². The normalized spacial score (nSPS) is 25.4. The van der Waals surface area contributed by atoms with E-state index in [1.165, 1.54) is 42.0 Å². The van der Waals surface area contributed by atoms with Gasteiger partial charge in [-0.3, -0.25) is 0 Å². The maximum Gasteiger partial charge on any atom is 0.0329 e. The second kappa shape index (κ2) is 5.34. The molecule has 0 amide bonds. The summed E-state index contributed by atoms with van der Waals surface area (Å²) in [4.78, 5) is 0. The largest absolute Gasteiger partial charge is 0.324 e. The molecule has 0 aromatic heterocycles. The van der Waals surface area contributed by atoms with Crippen LogP contribution < -0.4 is 5.73 Å². The van der Waals surface area contributed by atoms with Crippen LogP contribution in [0.15, 0.2) is 42.5 Å². The first-order valence-corrected chi connectivity index (χ1v) is 7.49. The van der Waals surface area contributed by atoms with Gasteiger partial charge in [-0.1, -0.05) is 62.2 Å². The van der Waals surface area contributed by atoms with E-state index in [0.717, 1.165) is 5.92 Å². The maximum absolute atomic E-state index is 6.60. The Balaban J connectivity index is 1.95. The first-order chi connectivity index (χ1) is 9.25. The maximum atomic E-state index is 6.60. The van der Waals surface area contributed by atoms with Crippen molar-refractivity contribution < 1.29 is 0 Å². The van der Waals surface area contributed by atoms with Crippen LogP contribution >= 0.6 is 0 Å². The SMILES string of the molecule is CC1CCCC(C(N)c2cccc3ccccc23)C1. The molecule has 100 valence electrons.